The lowest BCUT2D eigenvalue weighted by molar-refractivity contribution is -0.130. The van der Waals surface area contributed by atoms with Crippen molar-refractivity contribution in [2.75, 3.05) is 31.5 Å². The van der Waals surface area contributed by atoms with E-state index in [1.165, 1.54) is 0 Å². The van der Waals surface area contributed by atoms with Crippen LogP contribution in [0.15, 0.2) is 24.3 Å². The van der Waals surface area contributed by atoms with Gasteiger partial charge >= 0.3 is 0 Å². The van der Waals surface area contributed by atoms with Crippen LogP contribution in [-0.4, -0.2) is 66.0 Å². The van der Waals surface area contributed by atoms with Crippen LogP contribution in [0, 0.1) is 5.92 Å². The number of morpholine rings is 1. The maximum absolute atomic E-state index is 13.0. The molecule has 1 fully saturated rings. The average molecular weight is 390 g/mol. The summed E-state index contributed by atoms with van der Waals surface area (Å²) in [5.74, 6) is 0.180. The zero-order valence-electron chi connectivity index (χ0n) is 18.1. The van der Waals surface area contributed by atoms with Gasteiger partial charge in [-0.25, -0.2) is 0 Å². The minimum Gasteiger partial charge on any atom is -0.373 e. The molecule has 0 radical (unpaired) electrons. The summed E-state index contributed by atoms with van der Waals surface area (Å²) in [4.78, 5) is 29.4. The molecule has 1 saturated heterocycles. The Morgan fingerprint density at radius 1 is 1.11 bits per heavy atom. The van der Waals surface area contributed by atoms with Gasteiger partial charge in [0.15, 0.2) is 0 Å². The predicted molar refractivity (Wildman–Crippen MR) is 113 cm³/mol. The zero-order valence-corrected chi connectivity index (χ0v) is 18.1. The summed E-state index contributed by atoms with van der Waals surface area (Å²) >= 11 is 0. The first-order valence-electron chi connectivity index (χ1n) is 10.4. The number of hydrogen-bond acceptors (Lipinski definition) is 4. The molecule has 1 aromatic rings. The topological polar surface area (TPSA) is 61.9 Å². The Bertz CT molecular complexity index is 645. The number of carbonyl (C=O) groups is 2. The Balaban J connectivity index is 2.08. The lowest BCUT2D eigenvalue weighted by atomic mass is 9.99. The van der Waals surface area contributed by atoms with E-state index >= 15 is 0 Å². The molecule has 1 N–H and O–H groups in total. The number of anilines is 1. The minimum absolute atomic E-state index is 0.0132. The van der Waals surface area contributed by atoms with Crippen molar-refractivity contribution < 1.29 is 14.3 Å². The second kappa shape index (κ2) is 10.0. The fourth-order valence-corrected chi connectivity index (χ4v) is 3.94. The van der Waals surface area contributed by atoms with Gasteiger partial charge in [0.2, 0.25) is 5.91 Å². The van der Waals surface area contributed by atoms with Gasteiger partial charge in [0.25, 0.3) is 5.91 Å². The molecule has 1 aromatic carbocycles. The van der Waals surface area contributed by atoms with Gasteiger partial charge < -0.3 is 15.0 Å². The Morgan fingerprint density at radius 2 is 1.64 bits per heavy atom. The van der Waals surface area contributed by atoms with Crippen molar-refractivity contribution in [3.8, 4) is 0 Å². The molecule has 2 rings (SSSR count). The third kappa shape index (κ3) is 5.55. The molecule has 0 saturated carbocycles. The number of benzene rings is 1. The highest BCUT2D eigenvalue weighted by atomic mass is 16.5. The van der Waals surface area contributed by atoms with Crippen LogP contribution in [0.1, 0.15) is 51.9 Å². The van der Waals surface area contributed by atoms with Gasteiger partial charge in [0.05, 0.1) is 18.2 Å². The standard InChI is InChI=1S/C22H35N3O3/c1-7-24(8-2)22(27)18-9-11-19(12-10-18)23-21(26)20(15(3)4)25-13-16(5)28-17(6)14-25/h9-12,15-17,20H,7-8,13-14H2,1-6H3,(H,23,26). The average Bonchev–Trinajstić information content (AvgIpc) is 2.62. The number of nitrogens with one attached hydrogen (secondary N) is 1. The number of hydrogen-bond donors (Lipinski definition) is 1. The van der Waals surface area contributed by atoms with Gasteiger partial charge in [-0.3, -0.25) is 14.5 Å². The summed E-state index contributed by atoms with van der Waals surface area (Å²) in [6.07, 6.45) is 0.228. The van der Waals surface area contributed by atoms with Crippen LogP contribution in [0.5, 0.6) is 0 Å². The minimum atomic E-state index is -0.217. The molecule has 0 bridgehead atoms. The van der Waals surface area contributed by atoms with Gasteiger partial charge in [-0.1, -0.05) is 13.8 Å². The van der Waals surface area contributed by atoms with Crippen LogP contribution in [0.25, 0.3) is 0 Å². The van der Waals surface area contributed by atoms with Crippen molar-refractivity contribution in [3.63, 3.8) is 0 Å². The van der Waals surface area contributed by atoms with Crippen molar-refractivity contribution in [1.82, 2.24) is 9.80 Å². The van der Waals surface area contributed by atoms with Gasteiger partial charge in [-0.05, 0) is 57.9 Å². The molecule has 1 aliphatic heterocycles. The molecule has 2 amide bonds. The molecule has 3 unspecified atom stereocenters. The maximum Gasteiger partial charge on any atom is 0.253 e. The highest BCUT2D eigenvalue weighted by molar-refractivity contribution is 5.97. The molecule has 1 aliphatic rings. The smallest absolute Gasteiger partial charge is 0.253 e. The van der Waals surface area contributed by atoms with Crippen molar-refractivity contribution in [1.29, 1.82) is 0 Å². The van der Waals surface area contributed by atoms with Crippen LogP contribution >= 0.6 is 0 Å². The first-order valence-corrected chi connectivity index (χ1v) is 10.4. The normalized spacial score (nSPS) is 21.4. The third-order valence-corrected chi connectivity index (χ3v) is 5.19. The van der Waals surface area contributed by atoms with Gasteiger partial charge in [0, 0.05) is 37.4 Å². The van der Waals surface area contributed by atoms with E-state index in [0.29, 0.717) is 24.3 Å². The fraction of sp³-hybridized carbons (Fsp3) is 0.636. The molecule has 28 heavy (non-hydrogen) atoms. The summed E-state index contributed by atoms with van der Waals surface area (Å²) in [5, 5.41) is 3.03. The van der Waals surface area contributed by atoms with Crippen LogP contribution < -0.4 is 5.32 Å². The summed E-state index contributed by atoms with van der Waals surface area (Å²) in [6, 6.07) is 6.94. The lowest BCUT2D eigenvalue weighted by Crippen LogP contribution is -2.55. The van der Waals surface area contributed by atoms with Crippen molar-refractivity contribution >= 4 is 17.5 Å². The maximum atomic E-state index is 13.0. The van der Waals surface area contributed by atoms with E-state index in [1.807, 2.05) is 27.7 Å². The second-order valence-corrected chi connectivity index (χ2v) is 7.94. The predicted octanol–water partition coefficient (Wildman–Crippen LogP) is 3.24. The molecule has 0 spiro atoms. The molecular formula is C22H35N3O3. The molecule has 6 heteroatoms. The summed E-state index contributed by atoms with van der Waals surface area (Å²) in [6.45, 7) is 15.0. The zero-order chi connectivity index (χ0) is 20.8. The van der Waals surface area contributed by atoms with Crippen molar-refractivity contribution in [3.05, 3.63) is 29.8 Å². The molecule has 1 heterocycles. The van der Waals surface area contributed by atoms with Gasteiger partial charge in [0.1, 0.15) is 0 Å². The van der Waals surface area contributed by atoms with Crippen molar-refractivity contribution in [2.24, 2.45) is 5.92 Å². The molecule has 156 valence electrons. The highest BCUT2D eigenvalue weighted by Gasteiger charge is 2.34. The molecule has 0 aliphatic carbocycles. The van der Waals surface area contributed by atoms with Crippen LogP contribution in [0.4, 0.5) is 5.69 Å². The highest BCUT2D eigenvalue weighted by Crippen LogP contribution is 2.20. The summed E-state index contributed by atoms with van der Waals surface area (Å²) in [7, 11) is 0. The number of rotatable bonds is 7. The van der Waals surface area contributed by atoms with Crippen LogP contribution in [-0.2, 0) is 9.53 Å². The van der Waals surface area contributed by atoms with E-state index < -0.39 is 0 Å². The van der Waals surface area contributed by atoms with Gasteiger partial charge in [-0.15, -0.1) is 0 Å². The SMILES string of the molecule is CCN(CC)C(=O)c1ccc(NC(=O)C(C(C)C)N2CC(C)OC(C)C2)cc1. The van der Waals surface area contributed by atoms with Crippen molar-refractivity contribution in [2.45, 2.75) is 59.8 Å². The molecular weight excluding hydrogens is 354 g/mol. The Hall–Kier alpha value is -1.92. The Labute approximate surface area is 169 Å². The molecule has 3 atom stereocenters. The first-order chi connectivity index (χ1) is 13.3. The monoisotopic (exact) mass is 389 g/mol. The van der Waals surface area contributed by atoms with E-state index in [2.05, 4.69) is 24.1 Å². The lowest BCUT2D eigenvalue weighted by Gasteiger charge is -2.41. The van der Waals surface area contributed by atoms with Crippen LogP contribution in [0.3, 0.4) is 0 Å². The number of ether oxygens (including phenoxy) is 1. The van der Waals surface area contributed by atoms with E-state index in [-0.39, 0.29) is 36.0 Å². The largest absolute Gasteiger partial charge is 0.373 e. The third-order valence-electron chi connectivity index (χ3n) is 5.19. The fourth-order valence-electron chi connectivity index (χ4n) is 3.94. The quantitative estimate of drug-likeness (QED) is 0.778. The number of carbonyl (C=O) groups excluding carboxylic acids is 2. The number of nitrogens with zero attached hydrogens (tertiary/aromatic N) is 2. The van der Waals surface area contributed by atoms with Crippen LogP contribution in [0.2, 0.25) is 0 Å². The second-order valence-electron chi connectivity index (χ2n) is 7.94. The molecule has 6 nitrogen and oxygen atoms in total. The van der Waals surface area contributed by atoms with E-state index in [1.54, 1.807) is 29.2 Å². The summed E-state index contributed by atoms with van der Waals surface area (Å²) < 4.78 is 5.81. The van der Waals surface area contributed by atoms with E-state index in [9.17, 15) is 9.59 Å². The molecule has 0 aromatic heterocycles. The Kier molecular flexibility index (Phi) is 8.01. The first kappa shape index (κ1) is 22.4. The van der Waals surface area contributed by atoms with E-state index in [0.717, 1.165) is 13.1 Å². The van der Waals surface area contributed by atoms with E-state index in [4.69, 9.17) is 4.74 Å². The summed E-state index contributed by atoms with van der Waals surface area (Å²) in [5.41, 5.74) is 1.35. The number of amides is 2. The Morgan fingerprint density at radius 3 is 2.11 bits per heavy atom. The van der Waals surface area contributed by atoms with Gasteiger partial charge in [-0.2, -0.15) is 0 Å².